The van der Waals surface area contributed by atoms with Crippen molar-refractivity contribution in [2.45, 2.75) is 30.6 Å². The average molecular weight is 310 g/mol. The number of nitrogens with zero attached hydrogens (tertiary/aromatic N) is 1. The largest absolute Gasteiger partial charge is 0.399 e. The Morgan fingerprint density at radius 1 is 1.25 bits per heavy atom. The minimum Gasteiger partial charge on any atom is -0.399 e. The van der Waals surface area contributed by atoms with Crippen molar-refractivity contribution in [2.75, 3.05) is 5.73 Å². The van der Waals surface area contributed by atoms with E-state index in [1.807, 2.05) is 26.0 Å². The van der Waals surface area contributed by atoms with Crippen LogP contribution in [-0.2, 0) is 16.6 Å². The third kappa shape index (κ3) is 3.20. The lowest BCUT2D eigenvalue weighted by molar-refractivity contribution is 0.349. The number of anilines is 1. The molecule has 1 aromatic heterocycles. The van der Waals surface area contributed by atoms with Gasteiger partial charge in [0.2, 0.25) is 0 Å². The Morgan fingerprint density at radius 2 is 2.00 bits per heavy atom. The molecule has 0 amide bonds. The van der Waals surface area contributed by atoms with E-state index in [1.54, 1.807) is 29.6 Å². The molecule has 0 bridgehead atoms. The molecular weight excluding hydrogens is 292 g/mol. The predicted octanol–water partition coefficient (Wildman–Crippen LogP) is 2.93. The van der Waals surface area contributed by atoms with E-state index in [-0.39, 0.29) is 6.04 Å². The fourth-order valence-electron chi connectivity index (χ4n) is 1.94. The van der Waals surface area contributed by atoms with Crippen LogP contribution in [0.4, 0.5) is 5.69 Å². The number of hydrogen-bond donors (Lipinski definition) is 1. The fourth-order valence-corrected chi connectivity index (χ4v) is 4.69. The zero-order chi connectivity index (χ0) is 14.8. The number of benzene rings is 1. The maximum Gasteiger partial charge on any atom is 0.253 e. The molecular formula is C14H18N2O2S2. The van der Waals surface area contributed by atoms with Crippen LogP contribution in [0.3, 0.4) is 0 Å². The molecule has 0 saturated heterocycles. The Hall–Kier alpha value is -1.37. The maximum absolute atomic E-state index is 12.6. The molecule has 0 radical (unpaired) electrons. The lowest BCUT2D eigenvalue weighted by atomic mass is 10.2. The van der Waals surface area contributed by atoms with Gasteiger partial charge in [-0.25, -0.2) is 8.42 Å². The summed E-state index contributed by atoms with van der Waals surface area (Å²) in [5.74, 6) is 0. The summed E-state index contributed by atoms with van der Waals surface area (Å²) in [7, 11) is -3.46. The van der Waals surface area contributed by atoms with Crippen LogP contribution < -0.4 is 5.73 Å². The molecule has 1 heterocycles. The maximum atomic E-state index is 12.6. The predicted molar refractivity (Wildman–Crippen MR) is 83.0 cm³/mol. The van der Waals surface area contributed by atoms with E-state index in [9.17, 15) is 8.42 Å². The Kier molecular flexibility index (Phi) is 4.47. The van der Waals surface area contributed by atoms with Crippen LogP contribution in [-0.4, -0.2) is 18.8 Å². The minimum atomic E-state index is -3.46. The van der Waals surface area contributed by atoms with Crippen molar-refractivity contribution < 1.29 is 8.42 Å². The van der Waals surface area contributed by atoms with E-state index in [2.05, 4.69) is 0 Å². The SMILES string of the molecule is CC(C)N(Cc1cccc(N)c1)S(=O)(=O)c1cccs1. The number of thiophene rings is 1. The third-order valence-corrected chi connectivity index (χ3v) is 6.32. The van der Waals surface area contributed by atoms with E-state index < -0.39 is 10.0 Å². The molecule has 6 heteroatoms. The topological polar surface area (TPSA) is 63.4 Å². The first-order valence-corrected chi connectivity index (χ1v) is 8.63. The van der Waals surface area contributed by atoms with Crippen LogP contribution in [0.15, 0.2) is 46.0 Å². The first kappa shape index (κ1) is 15.0. The minimum absolute atomic E-state index is 0.122. The van der Waals surface area contributed by atoms with Crippen molar-refractivity contribution in [3.63, 3.8) is 0 Å². The zero-order valence-electron chi connectivity index (χ0n) is 11.5. The molecule has 1 aromatic carbocycles. The van der Waals surface area contributed by atoms with E-state index in [0.29, 0.717) is 16.4 Å². The molecule has 2 aromatic rings. The molecule has 2 rings (SSSR count). The summed E-state index contributed by atoms with van der Waals surface area (Å²) in [4.78, 5) is 0. The fraction of sp³-hybridized carbons (Fsp3) is 0.286. The van der Waals surface area contributed by atoms with Gasteiger partial charge >= 0.3 is 0 Å². The molecule has 20 heavy (non-hydrogen) atoms. The molecule has 0 fully saturated rings. The molecule has 0 aliphatic carbocycles. The summed E-state index contributed by atoms with van der Waals surface area (Å²) in [6.07, 6.45) is 0. The molecule has 0 unspecified atom stereocenters. The Labute approximate surface area is 123 Å². The van der Waals surface area contributed by atoms with E-state index in [1.165, 1.54) is 15.6 Å². The highest BCUT2D eigenvalue weighted by Gasteiger charge is 2.27. The normalized spacial score (nSPS) is 12.2. The van der Waals surface area contributed by atoms with Crippen LogP contribution in [0.2, 0.25) is 0 Å². The van der Waals surface area contributed by atoms with Gasteiger partial charge in [0.25, 0.3) is 10.0 Å². The first-order chi connectivity index (χ1) is 9.41. The van der Waals surface area contributed by atoms with Crippen LogP contribution >= 0.6 is 11.3 Å². The standard InChI is InChI=1S/C14H18N2O2S2/c1-11(2)16(10-12-5-3-6-13(15)9-12)20(17,18)14-7-4-8-19-14/h3-9,11H,10,15H2,1-2H3. The van der Waals surface area contributed by atoms with E-state index in [0.717, 1.165) is 5.56 Å². The Balaban J connectivity index is 2.33. The highest BCUT2D eigenvalue weighted by molar-refractivity contribution is 7.91. The lowest BCUT2D eigenvalue weighted by Crippen LogP contribution is -2.36. The number of sulfonamides is 1. The highest BCUT2D eigenvalue weighted by atomic mass is 32.2. The van der Waals surface area contributed by atoms with Gasteiger partial charge in [0.1, 0.15) is 4.21 Å². The number of hydrogen-bond acceptors (Lipinski definition) is 4. The van der Waals surface area contributed by atoms with Gasteiger partial charge in [-0.2, -0.15) is 4.31 Å². The van der Waals surface area contributed by atoms with Gasteiger partial charge in [-0.3, -0.25) is 0 Å². The molecule has 0 saturated carbocycles. The van der Waals surface area contributed by atoms with Crippen LogP contribution in [0.25, 0.3) is 0 Å². The van der Waals surface area contributed by atoms with Gasteiger partial charge in [-0.05, 0) is 43.0 Å². The van der Waals surface area contributed by atoms with Gasteiger partial charge < -0.3 is 5.73 Å². The summed E-state index contributed by atoms with van der Waals surface area (Å²) in [5.41, 5.74) is 7.27. The molecule has 2 N–H and O–H groups in total. The van der Waals surface area contributed by atoms with E-state index >= 15 is 0 Å². The second kappa shape index (κ2) is 5.95. The summed E-state index contributed by atoms with van der Waals surface area (Å²) in [6.45, 7) is 4.07. The lowest BCUT2D eigenvalue weighted by Gasteiger charge is -2.25. The summed E-state index contributed by atoms with van der Waals surface area (Å²) in [5, 5.41) is 1.77. The second-order valence-corrected chi connectivity index (χ2v) is 7.89. The second-order valence-electron chi connectivity index (χ2n) is 4.82. The van der Waals surface area contributed by atoms with Gasteiger partial charge in [-0.1, -0.05) is 18.2 Å². The van der Waals surface area contributed by atoms with E-state index in [4.69, 9.17) is 5.73 Å². The third-order valence-electron chi connectivity index (χ3n) is 2.92. The zero-order valence-corrected chi connectivity index (χ0v) is 13.1. The monoisotopic (exact) mass is 310 g/mol. The Morgan fingerprint density at radius 3 is 2.55 bits per heavy atom. The number of nitrogen functional groups attached to an aromatic ring is 1. The molecule has 0 atom stereocenters. The van der Waals surface area contributed by atoms with Crippen LogP contribution in [0.1, 0.15) is 19.4 Å². The number of nitrogens with two attached hydrogens (primary N) is 1. The Bertz CT molecular complexity index is 664. The van der Waals surface area contributed by atoms with Crippen molar-refractivity contribution in [3.05, 3.63) is 47.3 Å². The number of rotatable bonds is 5. The summed E-state index contributed by atoms with van der Waals surface area (Å²) >= 11 is 1.23. The highest BCUT2D eigenvalue weighted by Crippen LogP contribution is 2.24. The van der Waals surface area contributed by atoms with Crippen LogP contribution in [0.5, 0.6) is 0 Å². The molecule has 0 aliphatic heterocycles. The van der Waals surface area contributed by atoms with Crippen LogP contribution in [0, 0.1) is 0 Å². The molecule has 108 valence electrons. The van der Waals surface area contributed by atoms with Gasteiger partial charge in [0.15, 0.2) is 0 Å². The van der Waals surface area contributed by atoms with Gasteiger partial charge in [0.05, 0.1) is 0 Å². The first-order valence-electron chi connectivity index (χ1n) is 6.31. The van der Waals surface area contributed by atoms with Crippen molar-refractivity contribution in [1.82, 2.24) is 4.31 Å². The molecule has 4 nitrogen and oxygen atoms in total. The summed E-state index contributed by atoms with van der Waals surface area (Å²) < 4.78 is 27.1. The van der Waals surface area contributed by atoms with Gasteiger partial charge in [0, 0.05) is 18.3 Å². The van der Waals surface area contributed by atoms with Crippen molar-refractivity contribution >= 4 is 27.0 Å². The quantitative estimate of drug-likeness (QED) is 0.864. The molecule has 0 aliphatic rings. The summed E-state index contributed by atoms with van der Waals surface area (Å²) in [6, 6.07) is 10.6. The van der Waals surface area contributed by atoms with Crippen molar-refractivity contribution in [3.8, 4) is 0 Å². The van der Waals surface area contributed by atoms with Gasteiger partial charge in [-0.15, -0.1) is 11.3 Å². The average Bonchev–Trinajstić information content (AvgIpc) is 2.90. The van der Waals surface area contributed by atoms with Crippen molar-refractivity contribution in [1.29, 1.82) is 0 Å². The molecule has 0 spiro atoms. The smallest absolute Gasteiger partial charge is 0.253 e. The van der Waals surface area contributed by atoms with Crippen molar-refractivity contribution in [2.24, 2.45) is 0 Å².